The van der Waals surface area contributed by atoms with Crippen molar-refractivity contribution in [2.45, 2.75) is 37.9 Å². The number of carboxylic acids is 1. The lowest BCUT2D eigenvalue weighted by molar-refractivity contribution is -0.139. The summed E-state index contributed by atoms with van der Waals surface area (Å²) in [5.41, 5.74) is 0. The fourth-order valence-electron chi connectivity index (χ4n) is 1.89. The van der Waals surface area contributed by atoms with Crippen LogP contribution in [0, 0.1) is 0 Å². The van der Waals surface area contributed by atoms with Crippen LogP contribution < -0.4 is 0 Å². The van der Waals surface area contributed by atoms with E-state index in [4.69, 9.17) is 5.11 Å². The van der Waals surface area contributed by atoms with Crippen LogP contribution >= 0.6 is 0 Å². The molecule has 0 radical (unpaired) electrons. The van der Waals surface area contributed by atoms with Crippen LogP contribution in [0.25, 0.3) is 0 Å². The molecular formula is C9H16FNO2. The zero-order valence-corrected chi connectivity index (χ0v) is 7.87. The maximum atomic E-state index is 13.3. The van der Waals surface area contributed by atoms with E-state index < -0.39 is 12.1 Å². The Morgan fingerprint density at radius 3 is 2.69 bits per heavy atom. The minimum absolute atomic E-state index is 0.0644. The van der Waals surface area contributed by atoms with Gasteiger partial charge in [0.25, 0.3) is 0 Å². The number of rotatable bonds is 3. The van der Waals surface area contributed by atoms with E-state index in [9.17, 15) is 9.18 Å². The molecule has 1 aliphatic carbocycles. The number of aliphatic carboxylic acids is 1. The highest BCUT2D eigenvalue weighted by Gasteiger charge is 2.28. The Kier molecular flexibility index (Phi) is 3.66. The predicted octanol–water partition coefficient (Wildman–Crippen LogP) is 1.28. The predicted molar refractivity (Wildman–Crippen MR) is 47.4 cm³/mol. The minimum Gasteiger partial charge on any atom is -0.480 e. The standard InChI is InChI=1S/C9H16FNO2/c1-11(6-9(12)13)8-5-3-2-4-7(8)10/h7-8H,2-6H2,1H3,(H,12,13)/t7-,8-/m1/s1. The molecule has 3 nitrogen and oxygen atoms in total. The highest BCUT2D eigenvalue weighted by molar-refractivity contribution is 5.69. The first-order valence-corrected chi connectivity index (χ1v) is 4.67. The molecule has 0 unspecified atom stereocenters. The molecular weight excluding hydrogens is 173 g/mol. The number of carbonyl (C=O) groups is 1. The molecule has 4 heteroatoms. The number of hydrogen-bond acceptors (Lipinski definition) is 2. The van der Waals surface area contributed by atoms with Crippen LogP contribution in [0.1, 0.15) is 25.7 Å². The van der Waals surface area contributed by atoms with E-state index >= 15 is 0 Å². The first-order valence-electron chi connectivity index (χ1n) is 4.67. The van der Waals surface area contributed by atoms with E-state index in [1.807, 2.05) is 0 Å². The zero-order valence-electron chi connectivity index (χ0n) is 7.87. The van der Waals surface area contributed by atoms with Gasteiger partial charge < -0.3 is 5.11 Å². The van der Waals surface area contributed by atoms with Crippen LogP contribution in [0.2, 0.25) is 0 Å². The quantitative estimate of drug-likeness (QED) is 0.727. The second kappa shape index (κ2) is 4.56. The Morgan fingerprint density at radius 2 is 2.15 bits per heavy atom. The van der Waals surface area contributed by atoms with Crippen molar-refractivity contribution in [3.05, 3.63) is 0 Å². The number of carboxylic acid groups (broad SMARTS) is 1. The molecule has 0 heterocycles. The molecule has 2 atom stereocenters. The van der Waals surface area contributed by atoms with Gasteiger partial charge >= 0.3 is 5.97 Å². The number of nitrogens with zero attached hydrogens (tertiary/aromatic N) is 1. The summed E-state index contributed by atoms with van der Waals surface area (Å²) in [6.07, 6.45) is 2.45. The summed E-state index contributed by atoms with van der Waals surface area (Å²) in [5, 5.41) is 8.54. The van der Waals surface area contributed by atoms with Crippen molar-refractivity contribution < 1.29 is 14.3 Å². The molecule has 1 saturated carbocycles. The van der Waals surface area contributed by atoms with Crippen molar-refractivity contribution in [1.82, 2.24) is 4.90 Å². The molecule has 0 aliphatic heterocycles. The molecule has 1 aliphatic rings. The molecule has 76 valence electrons. The van der Waals surface area contributed by atoms with Crippen LogP contribution in [0.15, 0.2) is 0 Å². The summed E-state index contributed by atoms with van der Waals surface area (Å²) in [7, 11) is 1.68. The van der Waals surface area contributed by atoms with E-state index in [1.54, 1.807) is 11.9 Å². The topological polar surface area (TPSA) is 40.5 Å². The van der Waals surface area contributed by atoms with E-state index in [1.165, 1.54) is 0 Å². The lowest BCUT2D eigenvalue weighted by Crippen LogP contribution is -2.43. The first-order chi connectivity index (χ1) is 6.11. The SMILES string of the molecule is CN(CC(=O)O)[C@@H]1CCCC[C@H]1F. The van der Waals surface area contributed by atoms with Crippen molar-refractivity contribution in [1.29, 1.82) is 0 Å². The third-order valence-electron chi connectivity index (χ3n) is 2.60. The monoisotopic (exact) mass is 189 g/mol. The fraction of sp³-hybridized carbons (Fsp3) is 0.889. The number of halogens is 1. The minimum atomic E-state index is -0.889. The molecule has 0 amide bonds. The Morgan fingerprint density at radius 1 is 1.54 bits per heavy atom. The molecule has 0 saturated heterocycles. The number of hydrogen-bond donors (Lipinski definition) is 1. The summed E-state index contributed by atoms with van der Waals surface area (Å²) in [6.45, 7) is -0.0644. The average molecular weight is 189 g/mol. The van der Waals surface area contributed by atoms with Crippen LogP contribution in [-0.2, 0) is 4.79 Å². The normalized spacial score (nSPS) is 29.2. The Bertz CT molecular complexity index is 186. The van der Waals surface area contributed by atoms with Crippen molar-refractivity contribution >= 4 is 5.97 Å². The van der Waals surface area contributed by atoms with E-state index in [0.29, 0.717) is 6.42 Å². The van der Waals surface area contributed by atoms with Crippen LogP contribution in [0.5, 0.6) is 0 Å². The molecule has 0 aromatic heterocycles. The van der Waals surface area contributed by atoms with E-state index in [-0.39, 0.29) is 12.6 Å². The average Bonchev–Trinajstić information content (AvgIpc) is 2.03. The van der Waals surface area contributed by atoms with Crippen molar-refractivity contribution in [3.8, 4) is 0 Å². The van der Waals surface area contributed by atoms with Crippen molar-refractivity contribution in [3.63, 3.8) is 0 Å². The highest BCUT2D eigenvalue weighted by Crippen LogP contribution is 2.24. The second-order valence-corrected chi connectivity index (χ2v) is 3.68. The van der Waals surface area contributed by atoms with Gasteiger partial charge in [0, 0.05) is 6.04 Å². The molecule has 1 N–H and O–H groups in total. The molecule has 0 spiro atoms. The lowest BCUT2D eigenvalue weighted by Gasteiger charge is -2.32. The zero-order chi connectivity index (χ0) is 9.84. The highest BCUT2D eigenvalue weighted by atomic mass is 19.1. The van der Waals surface area contributed by atoms with E-state index in [0.717, 1.165) is 19.3 Å². The first kappa shape index (κ1) is 10.4. The van der Waals surface area contributed by atoms with Gasteiger partial charge in [-0.1, -0.05) is 12.8 Å². The largest absolute Gasteiger partial charge is 0.480 e. The van der Waals surface area contributed by atoms with Gasteiger partial charge in [0.2, 0.25) is 0 Å². The third-order valence-corrected chi connectivity index (χ3v) is 2.60. The molecule has 0 bridgehead atoms. The van der Waals surface area contributed by atoms with Crippen LogP contribution in [0.4, 0.5) is 4.39 Å². The molecule has 13 heavy (non-hydrogen) atoms. The summed E-state index contributed by atoms with van der Waals surface area (Å²) >= 11 is 0. The van der Waals surface area contributed by atoms with E-state index in [2.05, 4.69) is 0 Å². The van der Waals surface area contributed by atoms with Crippen molar-refractivity contribution in [2.24, 2.45) is 0 Å². The van der Waals surface area contributed by atoms with Gasteiger partial charge in [-0.2, -0.15) is 0 Å². The molecule has 1 fully saturated rings. The van der Waals surface area contributed by atoms with Crippen molar-refractivity contribution in [2.75, 3.05) is 13.6 Å². The summed E-state index contributed by atoms with van der Waals surface area (Å²) < 4.78 is 13.3. The Balaban J connectivity index is 2.43. The summed E-state index contributed by atoms with van der Waals surface area (Å²) in [5.74, 6) is -0.889. The lowest BCUT2D eigenvalue weighted by atomic mass is 9.93. The van der Waals surface area contributed by atoms with Crippen LogP contribution in [0.3, 0.4) is 0 Å². The fourth-order valence-corrected chi connectivity index (χ4v) is 1.89. The van der Waals surface area contributed by atoms with Gasteiger partial charge in [-0.3, -0.25) is 9.69 Å². The summed E-state index contributed by atoms with van der Waals surface area (Å²) in [6, 6.07) is -0.190. The molecule has 0 aromatic carbocycles. The van der Waals surface area contributed by atoms with Gasteiger partial charge in [-0.05, 0) is 19.9 Å². The van der Waals surface area contributed by atoms with Gasteiger partial charge in [-0.25, -0.2) is 4.39 Å². The second-order valence-electron chi connectivity index (χ2n) is 3.68. The smallest absolute Gasteiger partial charge is 0.317 e. The summed E-state index contributed by atoms with van der Waals surface area (Å²) in [4.78, 5) is 12.0. The number of alkyl halides is 1. The number of likely N-dealkylation sites (N-methyl/N-ethyl adjacent to an activating group) is 1. The third kappa shape index (κ3) is 2.95. The van der Waals surface area contributed by atoms with Gasteiger partial charge in [0.1, 0.15) is 6.17 Å². The van der Waals surface area contributed by atoms with Gasteiger partial charge in [-0.15, -0.1) is 0 Å². The molecule has 0 aromatic rings. The van der Waals surface area contributed by atoms with Crippen LogP contribution in [-0.4, -0.2) is 41.8 Å². The Hall–Kier alpha value is -0.640. The maximum Gasteiger partial charge on any atom is 0.317 e. The van der Waals surface area contributed by atoms with Gasteiger partial charge in [0.05, 0.1) is 6.54 Å². The molecule has 1 rings (SSSR count). The maximum absolute atomic E-state index is 13.3. The Labute approximate surface area is 77.5 Å². The van der Waals surface area contributed by atoms with Gasteiger partial charge in [0.15, 0.2) is 0 Å².